The van der Waals surface area contributed by atoms with Gasteiger partial charge in [0.1, 0.15) is 17.1 Å². The van der Waals surface area contributed by atoms with Crippen LogP contribution >= 0.6 is 11.3 Å². The first kappa shape index (κ1) is 18.8. The Labute approximate surface area is 166 Å². The van der Waals surface area contributed by atoms with E-state index in [1.807, 2.05) is 18.4 Å². The van der Waals surface area contributed by atoms with Crippen LogP contribution in [0.2, 0.25) is 0 Å². The Hall–Kier alpha value is -2.58. The molecule has 2 N–H and O–H groups in total. The minimum Gasteiger partial charge on any atom is -0.383 e. The van der Waals surface area contributed by atoms with E-state index in [1.54, 1.807) is 17.3 Å². The van der Waals surface area contributed by atoms with Crippen LogP contribution in [-0.4, -0.2) is 43.7 Å². The van der Waals surface area contributed by atoms with Crippen LogP contribution in [-0.2, 0) is 5.60 Å². The molecule has 6 nitrogen and oxygen atoms in total. The summed E-state index contributed by atoms with van der Waals surface area (Å²) in [5, 5.41) is 19.6. The molecule has 8 heteroatoms. The number of carbonyl (C=O) groups is 1. The third kappa shape index (κ3) is 3.33. The number of H-pyrrole nitrogens is 1. The summed E-state index contributed by atoms with van der Waals surface area (Å²) in [4.78, 5) is 19.9. The number of aliphatic hydroxyl groups is 1. The van der Waals surface area contributed by atoms with Crippen molar-refractivity contribution in [1.29, 1.82) is 0 Å². The lowest BCUT2D eigenvalue weighted by Crippen LogP contribution is -2.51. The number of rotatable bonds is 4. The fourth-order valence-corrected chi connectivity index (χ4v) is 4.68. The molecule has 0 aromatic carbocycles. The second-order valence-electron chi connectivity index (χ2n) is 7.07. The lowest BCUT2D eigenvalue weighted by atomic mass is 9.82. The number of hydrogen-bond acceptors (Lipinski definition) is 5. The summed E-state index contributed by atoms with van der Waals surface area (Å²) < 4.78 is 14.2. The van der Waals surface area contributed by atoms with Gasteiger partial charge in [-0.3, -0.25) is 14.9 Å². The number of likely N-dealkylation sites (tertiary alicyclic amines) is 1. The van der Waals surface area contributed by atoms with E-state index in [1.165, 1.54) is 29.7 Å². The zero-order chi connectivity index (χ0) is 19.7. The second kappa shape index (κ2) is 7.44. The van der Waals surface area contributed by atoms with Gasteiger partial charge < -0.3 is 10.0 Å². The van der Waals surface area contributed by atoms with E-state index in [4.69, 9.17) is 0 Å². The average Bonchev–Trinajstić information content (AvgIpc) is 3.39. The molecule has 2 atom stereocenters. The van der Waals surface area contributed by atoms with Crippen molar-refractivity contribution >= 4 is 17.2 Å². The maximum Gasteiger partial charge on any atom is 0.254 e. The number of aromatic amines is 1. The molecule has 1 saturated heterocycles. The SMILES string of the molecule is CCC1CC(O)(c2ncccc2F)CCN1C(=O)c1csc(-c2cn[nH]c2)c1. The highest BCUT2D eigenvalue weighted by Gasteiger charge is 2.43. The molecular formula is C20H21FN4O2S. The van der Waals surface area contributed by atoms with E-state index in [0.717, 1.165) is 10.4 Å². The standard InChI is InChI=1S/C20H21FN4O2S/c1-2-15-9-20(27,18-16(21)4-3-6-22-18)5-7-25(15)19(26)13-8-17(28-12-13)14-10-23-24-11-14/h3-4,6,8,10-12,15,27H,2,5,7,9H2,1H3,(H,23,24). The Morgan fingerprint density at radius 1 is 1.54 bits per heavy atom. The van der Waals surface area contributed by atoms with E-state index in [2.05, 4.69) is 15.2 Å². The van der Waals surface area contributed by atoms with Crippen molar-refractivity contribution in [3.63, 3.8) is 0 Å². The smallest absolute Gasteiger partial charge is 0.254 e. The number of pyridine rings is 1. The summed E-state index contributed by atoms with van der Waals surface area (Å²) in [5.41, 5.74) is 0.265. The minimum absolute atomic E-state index is 0.0679. The van der Waals surface area contributed by atoms with Crippen molar-refractivity contribution in [2.24, 2.45) is 0 Å². The molecule has 1 fully saturated rings. The van der Waals surface area contributed by atoms with Crippen LogP contribution < -0.4 is 0 Å². The summed E-state index contributed by atoms with van der Waals surface area (Å²) in [6.45, 7) is 2.32. The zero-order valence-corrected chi connectivity index (χ0v) is 16.2. The molecule has 1 aliphatic heterocycles. The van der Waals surface area contributed by atoms with Crippen molar-refractivity contribution in [2.75, 3.05) is 6.54 Å². The number of nitrogens with one attached hydrogen (secondary N) is 1. The van der Waals surface area contributed by atoms with Crippen molar-refractivity contribution < 1.29 is 14.3 Å². The van der Waals surface area contributed by atoms with E-state index in [-0.39, 0.29) is 30.5 Å². The Kier molecular flexibility index (Phi) is 4.99. The molecule has 0 bridgehead atoms. The van der Waals surface area contributed by atoms with Gasteiger partial charge in [0.2, 0.25) is 0 Å². The van der Waals surface area contributed by atoms with Gasteiger partial charge in [-0.25, -0.2) is 4.39 Å². The maximum absolute atomic E-state index is 14.2. The van der Waals surface area contributed by atoms with Crippen LogP contribution in [0.3, 0.4) is 0 Å². The first-order chi connectivity index (χ1) is 13.5. The van der Waals surface area contributed by atoms with Crippen LogP contribution in [0.1, 0.15) is 42.2 Å². The molecule has 1 amide bonds. The van der Waals surface area contributed by atoms with Crippen LogP contribution in [0.15, 0.2) is 42.2 Å². The van der Waals surface area contributed by atoms with Gasteiger partial charge in [-0.1, -0.05) is 6.92 Å². The highest BCUT2D eigenvalue weighted by atomic mass is 32.1. The summed E-state index contributed by atoms with van der Waals surface area (Å²) in [6.07, 6.45) is 6.18. The first-order valence-electron chi connectivity index (χ1n) is 9.24. The fourth-order valence-electron chi connectivity index (χ4n) is 3.82. The minimum atomic E-state index is -1.36. The predicted molar refractivity (Wildman–Crippen MR) is 104 cm³/mol. The van der Waals surface area contributed by atoms with Gasteiger partial charge in [-0.05, 0) is 31.0 Å². The maximum atomic E-state index is 14.2. The van der Waals surface area contributed by atoms with Crippen molar-refractivity contribution in [3.8, 4) is 10.4 Å². The average molecular weight is 400 g/mol. The van der Waals surface area contributed by atoms with E-state index >= 15 is 0 Å². The third-order valence-corrected chi connectivity index (χ3v) is 6.32. The summed E-state index contributed by atoms with van der Waals surface area (Å²) in [6, 6.07) is 4.49. The zero-order valence-electron chi connectivity index (χ0n) is 15.4. The number of nitrogens with zero attached hydrogens (tertiary/aromatic N) is 3. The van der Waals surface area contributed by atoms with Crippen molar-refractivity contribution in [2.45, 2.75) is 37.8 Å². The Balaban J connectivity index is 1.55. The van der Waals surface area contributed by atoms with Gasteiger partial charge >= 0.3 is 0 Å². The van der Waals surface area contributed by atoms with E-state index in [0.29, 0.717) is 18.5 Å². The molecule has 0 saturated carbocycles. The van der Waals surface area contributed by atoms with Crippen LogP contribution in [0, 0.1) is 5.82 Å². The number of piperidine rings is 1. The molecule has 0 spiro atoms. The van der Waals surface area contributed by atoms with Crippen molar-refractivity contribution in [1.82, 2.24) is 20.1 Å². The highest BCUT2D eigenvalue weighted by molar-refractivity contribution is 7.13. The number of aromatic nitrogens is 3. The molecule has 4 heterocycles. The predicted octanol–water partition coefficient (Wildman–Crippen LogP) is 3.57. The molecule has 146 valence electrons. The van der Waals surface area contributed by atoms with Gasteiger partial charge in [-0.2, -0.15) is 5.10 Å². The number of carbonyl (C=O) groups excluding carboxylic acids is 1. The van der Waals surface area contributed by atoms with Gasteiger partial charge in [0, 0.05) is 47.2 Å². The summed E-state index contributed by atoms with van der Waals surface area (Å²) >= 11 is 1.49. The topological polar surface area (TPSA) is 82.1 Å². The lowest BCUT2D eigenvalue weighted by Gasteiger charge is -2.43. The van der Waals surface area contributed by atoms with Crippen LogP contribution in [0.25, 0.3) is 10.4 Å². The largest absolute Gasteiger partial charge is 0.383 e. The number of thiophene rings is 1. The molecular weight excluding hydrogens is 379 g/mol. The summed E-state index contributed by atoms with van der Waals surface area (Å²) in [7, 11) is 0. The molecule has 3 aromatic rings. The molecule has 0 aliphatic carbocycles. The van der Waals surface area contributed by atoms with Crippen LogP contribution in [0.5, 0.6) is 0 Å². The number of amides is 1. The van der Waals surface area contributed by atoms with E-state index < -0.39 is 11.4 Å². The molecule has 3 aromatic heterocycles. The van der Waals surface area contributed by atoms with Gasteiger partial charge in [0.15, 0.2) is 0 Å². The first-order valence-corrected chi connectivity index (χ1v) is 10.1. The Bertz CT molecular complexity index is 974. The highest BCUT2D eigenvalue weighted by Crippen LogP contribution is 2.38. The Morgan fingerprint density at radius 3 is 3.11 bits per heavy atom. The van der Waals surface area contributed by atoms with Gasteiger partial charge in [-0.15, -0.1) is 11.3 Å². The van der Waals surface area contributed by atoms with Gasteiger partial charge in [0.05, 0.1) is 11.8 Å². The number of hydrogen-bond donors (Lipinski definition) is 2. The molecule has 4 rings (SSSR count). The van der Waals surface area contributed by atoms with E-state index in [9.17, 15) is 14.3 Å². The molecule has 2 unspecified atom stereocenters. The molecule has 28 heavy (non-hydrogen) atoms. The normalized spacial score (nSPS) is 22.4. The monoisotopic (exact) mass is 400 g/mol. The fraction of sp³-hybridized carbons (Fsp3) is 0.350. The Morgan fingerprint density at radius 2 is 2.39 bits per heavy atom. The van der Waals surface area contributed by atoms with Gasteiger partial charge in [0.25, 0.3) is 5.91 Å². The number of halogens is 1. The third-order valence-electron chi connectivity index (χ3n) is 5.34. The quantitative estimate of drug-likeness (QED) is 0.701. The molecule has 1 aliphatic rings. The summed E-state index contributed by atoms with van der Waals surface area (Å²) in [5.74, 6) is -0.580. The lowest BCUT2D eigenvalue weighted by molar-refractivity contribution is -0.0497. The van der Waals surface area contributed by atoms with Crippen molar-refractivity contribution in [3.05, 3.63) is 59.2 Å². The molecule has 0 radical (unpaired) electrons. The van der Waals surface area contributed by atoms with Crippen LogP contribution in [0.4, 0.5) is 4.39 Å². The second-order valence-corrected chi connectivity index (χ2v) is 7.98.